The molecule has 4 rings (SSSR count). The Kier molecular flexibility index (Phi) is 5.37. The summed E-state index contributed by atoms with van der Waals surface area (Å²) in [5, 5.41) is 0. The van der Waals surface area contributed by atoms with Gasteiger partial charge in [-0.05, 0) is 36.3 Å². The number of nitrogens with zero attached hydrogens (tertiary/aromatic N) is 2. The van der Waals surface area contributed by atoms with Gasteiger partial charge in [-0.2, -0.15) is 0 Å². The van der Waals surface area contributed by atoms with Crippen LogP contribution < -0.4 is 19.6 Å². The number of carbonyl (C=O) groups excluding carboxylic acids is 1. The molecule has 2 aromatic carbocycles. The normalized spacial score (nSPS) is 16.1. The van der Waals surface area contributed by atoms with Gasteiger partial charge in [0.15, 0.2) is 4.80 Å². The second kappa shape index (κ2) is 8.12. The Balaban J connectivity index is 1.96. The fraction of sp³-hybridized carbons (Fsp3) is 0.174. The van der Waals surface area contributed by atoms with Crippen LogP contribution in [0.1, 0.15) is 24.1 Å². The summed E-state index contributed by atoms with van der Waals surface area (Å²) in [4.78, 5) is 31.1. The Bertz CT molecular complexity index is 1320. The van der Waals surface area contributed by atoms with Gasteiger partial charge in [0.2, 0.25) is 0 Å². The molecular weight excluding hydrogens is 400 g/mol. The van der Waals surface area contributed by atoms with Gasteiger partial charge >= 0.3 is 5.97 Å². The van der Waals surface area contributed by atoms with Gasteiger partial charge < -0.3 is 9.47 Å². The van der Waals surface area contributed by atoms with E-state index in [1.165, 1.54) is 18.4 Å². The van der Waals surface area contributed by atoms with Gasteiger partial charge in [0, 0.05) is 0 Å². The number of hydrogen-bond donors (Lipinski definition) is 0. The topological polar surface area (TPSA) is 69.9 Å². The second-order valence-electron chi connectivity index (χ2n) is 6.76. The number of esters is 1. The second-order valence-corrected chi connectivity index (χ2v) is 7.77. The van der Waals surface area contributed by atoms with Crippen LogP contribution in [0.15, 0.2) is 75.7 Å². The van der Waals surface area contributed by atoms with E-state index in [2.05, 4.69) is 4.99 Å². The van der Waals surface area contributed by atoms with Crippen LogP contribution in [0.25, 0.3) is 6.08 Å². The number of ether oxygens (including phenoxy) is 2. The number of hydrogen-bond acceptors (Lipinski definition) is 6. The van der Waals surface area contributed by atoms with Gasteiger partial charge in [-0.1, -0.05) is 53.8 Å². The molecule has 1 atom stereocenters. The molecule has 3 aromatic rings. The smallest absolute Gasteiger partial charge is 0.338 e. The maximum absolute atomic E-state index is 13.4. The van der Waals surface area contributed by atoms with Gasteiger partial charge in [0.05, 0.1) is 36.1 Å². The van der Waals surface area contributed by atoms with Crippen molar-refractivity contribution in [1.82, 2.24) is 4.57 Å². The van der Waals surface area contributed by atoms with Crippen molar-refractivity contribution in [1.29, 1.82) is 0 Å². The molecule has 0 N–H and O–H groups in total. The quantitative estimate of drug-likeness (QED) is 0.608. The van der Waals surface area contributed by atoms with Crippen LogP contribution in [0, 0.1) is 0 Å². The summed E-state index contributed by atoms with van der Waals surface area (Å²) < 4.78 is 12.4. The number of allylic oxidation sites excluding steroid dienone is 1. The fourth-order valence-corrected chi connectivity index (χ4v) is 4.57. The summed E-state index contributed by atoms with van der Waals surface area (Å²) >= 11 is 1.29. The summed E-state index contributed by atoms with van der Waals surface area (Å²) in [5.74, 6) is 0.217. The fourth-order valence-electron chi connectivity index (χ4n) is 3.53. The molecule has 0 fully saturated rings. The SMILES string of the molecule is COC(=O)C1=C(C)N=c2s/c(=C\c3cccc(OC)c3)c(=O)n2[C@H]1c1ccccc1. The molecule has 0 radical (unpaired) electrons. The van der Waals surface area contributed by atoms with Crippen molar-refractivity contribution >= 4 is 23.4 Å². The first-order valence-electron chi connectivity index (χ1n) is 9.33. The molecule has 0 unspecified atom stereocenters. The molecular formula is C23H20N2O4S. The third-order valence-electron chi connectivity index (χ3n) is 4.93. The molecule has 152 valence electrons. The first-order chi connectivity index (χ1) is 14.5. The first-order valence-corrected chi connectivity index (χ1v) is 10.1. The average molecular weight is 420 g/mol. The number of benzene rings is 2. The molecule has 0 amide bonds. The summed E-state index contributed by atoms with van der Waals surface area (Å²) in [7, 11) is 2.93. The van der Waals surface area contributed by atoms with Crippen LogP contribution in [0.4, 0.5) is 0 Å². The number of thiazole rings is 1. The average Bonchev–Trinajstić information content (AvgIpc) is 3.07. The Morgan fingerprint density at radius 1 is 1.13 bits per heavy atom. The lowest BCUT2D eigenvalue weighted by Crippen LogP contribution is -2.39. The molecule has 0 saturated heterocycles. The summed E-state index contributed by atoms with van der Waals surface area (Å²) in [6, 6.07) is 16.3. The lowest BCUT2D eigenvalue weighted by Gasteiger charge is -2.24. The zero-order chi connectivity index (χ0) is 21.3. The third-order valence-corrected chi connectivity index (χ3v) is 5.92. The van der Waals surface area contributed by atoms with Crippen molar-refractivity contribution in [3.63, 3.8) is 0 Å². The van der Waals surface area contributed by atoms with E-state index in [4.69, 9.17) is 9.47 Å². The highest BCUT2D eigenvalue weighted by atomic mass is 32.1. The lowest BCUT2D eigenvalue weighted by molar-refractivity contribution is -0.136. The highest BCUT2D eigenvalue weighted by molar-refractivity contribution is 7.07. The van der Waals surface area contributed by atoms with Crippen LogP contribution in [0.2, 0.25) is 0 Å². The minimum absolute atomic E-state index is 0.204. The predicted octanol–water partition coefficient (Wildman–Crippen LogP) is 2.42. The minimum Gasteiger partial charge on any atom is -0.497 e. The molecule has 1 aliphatic heterocycles. The van der Waals surface area contributed by atoms with Crippen LogP contribution >= 0.6 is 11.3 Å². The highest BCUT2D eigenvalue weighted by Crippen LogP contribution is 2.30. The Hall–Kier alpha value is -3.45. The van der Waals surface area contributed by atoms with Gasteiger partial charge in [-0.25, -0.2) is 9.79 Å². The Labute approximate surface area is 177 Å². The zero-order valence-electron chi connectivity index (χ0n) is 16.8. The lowest BCUT2D eigenvalue weighted by atomic mass is 9.96. The molecule has 0 spiro atoms. The van der Waals surface area contributed by atoms with Gasteiger partial charge in [0.25, 0.3) is 5.56 Å². The monoisotopic (exact) mass is 420 g/mol. The summed E-state index contributed by atoms with van der Waals surface area (Å²) in [6.45, 7) is 1.77. The van der Waals surface area contributed by atoms with E-state index in [0.29, 0.717) is 26.4 Å². The van der Waals surface area contributed by atoms with E-state index < -0.39 is 12.0 Å². The molecule has 7 heteroatoms. The maximum Gasteiger partial charge on any atom is 0.338 e. The molecule has 1 aliphatic rings. The number of methoxy groups -OCH3 is 2. The van der Waals surface area contributed by atoms with E-state index >= 15 is 0 Å². The summed E-state index contributed by atoms with van der Waals surface area (Å²) in [6.07, 6.45) is 1.81. The van der Waals surface area contributed by atoms with Crippen molar-refractivity contribution in [2.75, 3.05) is 14.2 Å². The van der Waals surface area contributed by atoms with E-state index in [1.807, 2.05) is 60.7 Å². The van der Waals surface area contributed by atoms with Crippen LogP contribution in [0.5, 0.6) is 5.75 Å². The van der Waals surface area contributed by atoms with E-state index in [0.717, 1.165) is 11.1 Å². The highest BCUT2D eigenvalue weighted by Gasteiger charge is 2.32. The van der Waals surface area contributed by atoms with Crippen molar-refractivity contribution in [2.45, 2.75) is 13.0 Å². The van der Waals surface area contributed by atoms with E-state index in [9.17, 15) is 9.59 Å². The predicted molar refractivity (Wildman–Crippen MR) is 115 cm³/mol. The molecule has 30 heavy (non-hydrogen) atoms. The van der Waals surface area contributed by atoms with Crippen LogP contribution in [-0.4, -0.2) is 24.8 Å². The first kappa shape index (κ1) is 19.8. The van der Waals surface area contributed by atoms with Crippen molar-refractivity contribution in [3.8, 4) is 5.75 Å². The van der Waals surface area contributed by atoms with Crippen molar-refractivity contribution in [2.24, 2.45) is 4.99 Å². The van der Waals surface area contributed by atoms with Gasteiger partial charge in [-0.15, -0.1) is 0 Å². The van der Waals surface area contributed by atoms with Crippen LogP contribution in [-0.2, 0) is 9.53 Å². The van der Waals surface area contributed by atoms with E-state index in [-0.39, 0.29) is 5.56 Å². The Morgan fingerprint density at radius 3 is 2.60 bits per heavy atom. The van der Waals surface area contributed by atoms with Gasteiger partial charge in [-0.3, -0.25) is 9.36 Å². The molecule has 2 heterocycles. The minimum atomic E-state index is -0.595. The number of carbonyl (C=O) groups is 1. The number of fused-ring (bicyclic) bond motifs is 1. The zero-order valence-corrected chi connectivity index (χ0v) is 17.6. The van der Waals surface area contributed by atoms with E-state index in [1.54, 1.807) is 18.6 Å². The standard InChI is InChI=1S/C23H20N2O4S/c1-14-19(22(27)29-3)20(16-9-5-4-6-10-16)25-21(26)18(30-23(25)24-14)13-15-8-7-11-17(12-15)28-2/h4-13,20H,1-3H3/b18-13-/t20-/m0/s1. The molecule has 0 saturated carbocycles. The maximum atomic E-state index is 13.4. The Morgan fingerprint density at radius 2 is 1.90 bits per heavy atom. The number of rotatable bonds is 4. The molecule has 0 bridgehead atoms. The van der Waals surface area contributed by atoms with Gasteiger partial charge in [0.1, 0.15) is 5.75 Å². The summed E-state index contributed by atoms with van der Waals surface area (Å²) in [5.41, 5.74) is 2.37. The van der Waals surface area contributed by atoms with Crippen molar-refractivity contribution < 1.29 is 14.3 Å². The molecule has 0 aliphatic carbocycles. The largest absolute Gasteiger partial charge is 0.497 e. The molecule has 1 aromatic heterocycles. The van der Waals surface area contributed by atoms with Crippen LogP contribution in [0.3, 0.4) is 0 Å². The number of aromatic nitrogens is 1. The third kappa shape index (κ3) is 3.48. The van der Waals surface area contributed by atoms with Crippen molar-refractivity contribution in [3.05, 3.63) is 96.7 Å². The molecule has 6 nitrogen and oxygen atoms in total.